The van der Waals surface area contributed by atoms with E-state index in [1.54, 1.807) is 0 Å². The van der Waals surface area contributed by atoms with Crippen molar-refractivity contribution < 1.29 is 9.53 Å². The number of hydrogen-bond acceptors (Lipinski definition) is 4. The zero-order valence-electron chi connectivity index (χ0n) is 14.0. The van der Waals surface area contributed by atoms with Crippen LogP contribution in [0.15, 0.2) is 36.4 Å². The highest BCUT2D eigenvalue weighted by atomic mass is 32.1. The van der Waals surface area contributed by atoms with Crippen LogP contribution in [0.4, 0.5) is 5.13 Å². The van der Waals surface area contributed by atoms with E-state index in [-0.39, 0.29) is 5.91 Å². The predicted molar refractivity (Wildman–Crippen MR) is 98.6 cm³/mol. The zero-order chi connectivity index (χ0) is 16.9. The summed E-state index contributed by atoms with van der Waals surface area (Å²) in [5, 5.41) is 3.61. The molecule has 1 amide bonds. The summed E-state index contributed by atoms with van der Waals surface area (Å²) in [7, 11) is 0. The molecular formula is C19H22N2O2S. The van der Waals surface area contributed by atoms with Crippen LogP contribution >= 0.6 is 11.3 Å². The van der Waals surface area contributed by atoms with Crippen molar-refractivity contribution in [2.75, 3.05) is 11.9 Å². The van der Waals surface area contributed by atoms with Crippen molar-refractivity contribution in [3.8, 4) is 17.0 Å². The summed E-state index contributed by atoms with van der Waals surface area (Å²) in [6, 6.07) is 7.90. The Bertz CT molecular complexity index is 734. The molecule has 1 unspecified atom stereocenters. The maximum Gasteiger partial charge on any atom is 0.226 e. The Labute approximate surface area is 146 Å². The lowest BCUT2D eigenvalue weighted by Gasteiger charge is -2.06. The number of benzene rings is 1. The van der Waals surface area contributed by atoms with Crippen LogP contribution < -0.4 is 10.1 Å². The van der Waals surface area contributed by atoms with Gasteiger partial charge in [-0.05, 0) is 56.9 Å². The zero-order valence-corrected chi connectivity index (χ0v) is 14.9. The van der Waals surface area contributed by atoms with Gasteiger partial charge in [0, 0.05) is 16.9 Å². The lowest BCUT2D eigenvalue weighted by Crippen LogP contribution is -2.14. The molecule has 0 saturated carbocycles. The molecule has 126 valence electrons. The molecule has 0 bridgehead atoms. The number of amides is 1. The van der Waals surface area contributed by atoms with E-state index in [2.05, 4.69) is 22.5 Å². The van der Waals surface area contributed by atoms with E-state index < -0.39 is 0 Å². The number of nitrogens with one attached hydrogen (secondary N) is 1. The molecule has 1 heterocycles. The Morgan fingerprint density at radius 1 is 1.38 bits per heavy atom. The minimum absolute atomic E-state index is 0.0403. The molecule has 5 heteroatoms. The number of ether oxygens (including phenoxy) is 1. The molecule has 0 radical (unpaired) electrons. The van der Waals surface area contributed by atoms with Gasteiger partial charge in [-0.1, -0.05) is 12.2 Å². The van der Waals surface area contributed by atoms with E-state index in [1.165, 1.54) is 11.3 Å². The Morgan fingerprint density at radius 2 is 2.17 bits per heavy atom. The number of rotatable bonds is 6. The molecule has 1 aliphatic carbocycles. The molecule has 4 nitrogen and oxygen atoms in total. The second kappa shape index (κ2) is 7.62. The van der Waals surface area contributed by atoms with Gasteiger partial charge in [0.2, 0.25) is 5.91 Å². The number of allylic oxidation sites excluding steroid dienone is 2. The molecule has 0 fully saturated rings. The number of nitrogens with zero attached hydrogens (tertiary/aromatic N) is 1. The van der Waals surface area contributed by atoms with E-state index in [4.69, 9.17) is 4.74 Å². The third-order valence-corrected chi connectivity index (χ3v) is 4.93. The van der Waals surface area contributed by atoms with Crippen LogP contribution in [0.5, 0.6) is 5.75 Å². The van der Waals surface area contributed by atoms with Crippen LogP contribution in [0.3, 0.4) is 0 Å². The topological polar surface area (TPSA) is 51.2 Å². The lowest BCUT2D eigenvalue weighted by atomic mass is 10.1. The summed E-state index contributed by atoms with van der Waals surface area (Å²) in [5.74, 6) is 1.27. The fourth-order valence-electron chi connectivity index (χ4n) is 2.87. The molecule has 1 N–H and O–H groups in total. The summed E-state index contributed by atoms with van der Waals surface area (Å²) in [6.45, 7) is 4.65. The minimum atomic E-state index is 0.0403. The predicted octanol–water partition coefficient (Wildman–Crippen LogP) is 4.81. The van der Waals surface area contributed by atoms with Gasteiger partial charge in [0.25, 0.3) is 0 Å². The second-order valence-electron chi connectivity index (χ2n) is 5.90. The van der Waals surface area contributed by atoms with Crippen molar-refractivity contribution in [2.24, 2.45) is 5.92 Å². The van der Waals surface area contributed by atoms with Crippen LogP contribution in [0.2, 0.25) is 0 Å². The molecule has 0 aliphatic heterocycles. The van der Waals surface area contributed by atoms with Crippen molar-refractivity contribution in [2.45, 2.75) is 33.1 Å². The van der Waals surface area contributed by atoms with E-state index in [1.807, 2.05) is 38.1 Å². The van der Waals surface area contributed by atoms with E-state index in [0.717, 1.165) is 34.7 Å². The molecule has 0 saturated heterocycles. The maximum absolute atomic E-state index is 12.1. The monoisotopic (exact) mass is 342 g/mol. The number of carbonyl (C=O) groups is 1. The average Bonchev–Trinajstić information content (AvgIpc) is 3.18. The van der Waals surface area contributed by atoms with Gasteiger partial charge in [-0.15, -0.1) is 11.3 Å². The van der Waals surface area contributed by atoms with Gasteiger partial charge in [-0.2, -0.15) is 0 Å². The van der Waals surface area contributed by atoms with Gasteiger partial charge in [-0.25, -0.2) is 4.98 Å². The van der Waals surface area contributed by atoms with Gasteiger partial charge in [0.05, 0.1) is 12.3 Å². The first kappa shape index (κ1) is 16.7. The van der Waals surface area contributed by atoms with Crippen LogP contribution in [-0.2, 0) is 4.79 Å². The lowest BCUT2D eigenvalue weighted by molar-refractivity contribution is -0.116. The molecule has 1 aliphatic rings. The van der Waals surface area contributed by atoms with Crippen molar-refractivity contribution >= 4 is 22.4 Å². The average molecular weight is 342 g/mol. The Morgan fingerprint density at radius 3 is 2.83 bits per heavy atom. The fraction of sp³-hybridized carbons (Fsp3) is 0.368. The summed E-state index contributed by atoms with van der Waals surface area (Å²) >= 11 is 1.52. The third kappa shape index (κ3) is 4.03. The quantitative estimate of drug-likeness (QED) is 0.766. The number of aromatic nitrogens is 1. The standard InChI is InChI=1S/C19H22N2O2S/c1-3-23-16-10-8-15(9-11-16)18-13(2)24-19(21-18)20-17(22)12-14-6-4-5-7-14/h4,6,8-11,14H,3,5,7,12H2,1-2H3,(H,20,21,22). The van der Waals surface area contributed by atoms with Gasteiger partial charge in [-0.3, -0.25) is 4.79 Å². The van der Waals surface area contributed by atoms with Gasteiger partial charge in [0.1, 0.15) is 5.75 Å². The normalized spacial score (nSPS) is 16.3. The highest BCUT2D eigenvalue weighted by Crippen LogP contribution is 2.31. The summed E-state index contributed by atoms with van der Waals surface area (Å²) in [6.07, 6.45) is 6.97. The number of aryl methyl sites for hydroxylation is 1. The number of hydrogen-bond donors (Lipinski definition) is 1. The van der Waals surface area contributed by atoms with Crippen molar-refractivity contribution in [3.05, 3.63) is 41.3 Å². The molecular weight excluding hydrogens is 320 g/mol. The van der Waals surface area contributed by atoms with Crippen LogP contribution in [0.1, 0.15) is 31.1 Å². The molecule has 24 heavy (non-hydrogen) atoms. The number of thiazole rings is 1. The van der Waals surface area contributed by atoms with Crippen LogP contribution in [-0.4, -0.2) is 17.5 Å². The Kier molecular flexibility index (Phi) is 5.30. The number of anilines is 1. The summed E-state index contributed by atoms with van der Waals surface area (Å²) in [5.41, 5.74) is 1.95. The smallest absolute Gasteiger partial charge is 0.226 e. The first-order valence-electron chi connectivity index (χ1n) is 8.33. The minimum Gasteiger partial charge on any atom is -0.494 e. The van der Waals surface area contributed by atoms with E-state index >= 15 is 0 Å². The van der Waals surface area contributed by atoms with E-state index in [9.17, 15) is 4.79 Å². The Hall–Kier alpha value is -2.14. The SMILES string of the molecule is CCOc1ccc(-c2nc(NC(=O)CC3C=CCC3)sc2C)cc1. The molecule has 3 rings (SSSR count). The Balaban J connectivity index is 1.67. The first-order chi connectivity index (χ1) is 11.7. The molecule has 2 aromatic rings. The summed E-state index contributed by atoms with van der Waals surface area (Å²) < 4.78 is 5.47. The molecule has 1 aromatic heterocycles. The highest BCUT2D eigenvalue weighted by molar-refractivity contribution is 7.16. The molecule has 0 spiro atoms. The van der Waals surface area contributed by atoms with Crippen molar-refractivity contribution in [1.29, 1.82) is 0 Å². The fourth-order valence-corrected chi connectivity index (χ4v) is 3.72. The van der Waals surface area contributed by atoms with Crippen LogP contribution in [0, 0.1) is 12.8 Å². The van der Waals surface area contributed by atoms with E-state index in [0.29, 0.717) is 24.1 Å². The molecule has 1 atom stereocenters. The van der Waals surface area contributed by atoms with Gasteiger partial charge in [0.15, 0.2) is 5.13 Å². The first-order valence-corrected chi connectivity index (χ1v) is 9.14. The van der Waals surface area contributed by atoms with Crippen molar-refractivity contribution in [3.63, 3.8) is 0 Å². The highest BCUT2D eigenvalue weighted by Gasteiger charge is 2.16. The van der Waals surface area contributed by atoms with Crippen LogP contribution in [0.25, 0.3) is 11.3 Å². The maximum atomic E-state index is 12.1. The van der Waals surface area contributed by atoms with Gasteiger partial charge >= 0.3 is 0 Å². The third-order valence-electron chi connectivity index (χ3n) is 4.04. The van der Waals surface area contributed by atoms with Crippen molar-refractivity contribution in [1.82, 2.24) is 4.98 Å². The number of carbonyl (C=O) groups excluding carboxylic acids is 1. The second-order valence-corrected chi connectivity index (χ2v) is 7.10. The van der Waals surface area contributed by atoms with Gasteiger partial charge < -0.3 is 10.1 Å². The largest absolute Gasteiger partial charge is 0.494 e. The summed E-state index contributed by atoms with van der Waals surface area (Å²) in [4.78, 5) is 17.8. The molecule has 1 aromatic carbocycles.